The predicted molar refractivity (Wildman–Crippen MR) is 68.3 cm³/mol. The van der Waals surface area contributed by atoms with E-state index in [2.05, 4.69) is 17.1 Å². The summed E-state index contributed by atoms with van der Waals surface area (Å²) < 4.78 is 26.3. The molecule has 0 saturated carbocycles. The Morgan fingerprint density at radius 1 is 1.17 bits per heavy atom. The largest absolute Gasteiger partial charge is 0.317 e. The maximum atomic E-state index is 13.2. The van der Waals surface area contributed by atoms with Gasteiger partial charge in [0.25, 0.3) is 0 Å². The molecule has 18 heavy (non-hydrogen) atoms. The SMILES string of the molecule is CCN(Cc1cc(F)cc(F)c1)C1CCNCC1. The van der Waals surface area contributed by atoms with Crippen LogP contribution in [0.1, 0.15) is 25.3 Å². The van der Waals surface area contributed by atoms with Gasteiger partial charge in [-0.15, -0.1) is 0 Å². The van der Waals surface area contributed by atoms with Crippen molar-refractivity contribution >= 4 is 0 Å². The molecular formula is C14H20F2N2. The van der Waals surface area contributed by atoms with Gasteiger partial charge in [-0.25, -0.2) is 8.78 Å². The predicted octanol–water partition coefficient (Wildman–Crippen LogP) is 2.54. The van der Waals surface area contributed by atoms with Crippen LogP contribution < -0.4 is 5.32 Å². The van der Waals surface area contributed by atoms with E-state index < -0.39 is 11.6 Å². The minimum atomic E-state index is -0.494. The Morgan fingerprint density at radius 2 is 1.78 bits per heavy atom. The third kappa shape index (κ3) is 3.50. The Bertz CT molecular complexity index is 369. The number of hydrogen-bond donors (Lipinski definition) is 1. The van der Waals surface area contributed by atoms with E-state index in [1.54, 1.807) is 0 Å². The van der Waals surface area contributed by atoms with E-state index in [0.29, 0.717) is 18.2 Å². The molecule has 1 aliphatic heterocycles. The van der Waals surface area contributed by atoms with Crippen LogP contribution in [0.2, 0.25) is 0 Å². The summed E-state index contributed by atoms with van der Waals surface area (Å²) >= 11 is 0. The molecule has 2 rings (SSSR count). The monoisotopic (exact) mass is 254 g/mol. The summed E-state index contributed by atoms with van der Waals surface area (Å²) in [7, 11) is 0. The highest BCUT2D eigenvalue weighted by molar-refractivity contribution is 5.17. The summed E-state index contributed by atoms with van der Waals surface area (Å²) in [5.74, 6) is -0.988. The van der Waals surface area contributed by atoms with E-state index in [4.69, 9.17) is 0 Å². The van der Waals surface area contributed by atoms with Crippen LogP contribution in [-0.2, 0) is 6.54 Å². The van der Waals surface area contributed by atoms with Gasteiger partial charge in [-0.05, 0) is 50.2 Å². The van der Waals surface area contributed by atoms with Gasteiger partial charge in [-0.1, -0.05) is 6.92 Å². The van der Waals surface area contributed by atoms with Gasteiger partial charge < -0.3 is 5.32 Å². The zero-order valence-electron chi connectivity index (χ0n) is 10.8. The molecule has 0 atom stereocenters. The van der Waals surface area contributed by atoms with E-state index >= 15 is 0 Å². The third-order valence-electron chi connectivity index (χ3n) is 3.54. The number of nitrogens with one attached hydrogen (secondary N) is 1. The second-order valence-electron chi connectivity index (χ2n) is 4.82. The highest BCUT2D eigenvalue weighted by Crippen LogP contribution is 2.16. The van der Waals surface area contributed by atoms with Crippen molar-refractivity contribution in [3.05, 3.63) is 35.4 Å². The molecule has 0 aliphatic carbocycles. The fourth-order valence-electron chi connectivity index (χ4n) is 2.61. The second-order valence-corrected chi connectivity index (χ2v) is 4.82. The Balaban J connectivity index is 2.04. The molecule has 4 heteroatoms. The van der Waals surface area contributed by atoms with Gasteiger partial charge in [0.15, 0.2) is 0 Å². The van der Waals surface area contributed by atoms with Crippen molar-refractivity contribution in [2.75, 3.05) is 19.6 Å². The Labute approximate surface area is 107 Å². The van der Waals surface area contributed by atoms with Crippen molar-refractivity contribution in [2.45, 2.75) is 32.4 Å². The third-order valence-corrected chi connectivity index (χ3v) is 3.54. The first-order valence-corrected chi connectivity index (χ1v) is 6.58. The molecule has 1 fully saturated rings. The Hall–Kier alpha value is -1.00. The number of rotatable bonds is 4. The summed E-state index contributed by atoms with van der Waals surface area (Å²) in [4.78, 5) is 2.30. The van der Waals surface area contributed by atoms with E-state index in [1.165, 1.54) is 12.1 Å². The minimum absolute atomic E-state index is 0.494. The van der Waals surface area contributed by atoms with Crippen LogP contribution in [0.3, 0.4) is 0 Å². The lowest BCUT2D eigenvalue weighted by molar-refractivity contribution is 0.162. The maximum Gasteiger partial charge on any atom is 0.126 e. The van der Waals surface area contributed by atoms with Crippen LogP contribution in [0.15, 0.2) is 18.2 Å². The molecule has 0 unspecified atom stereocenters. The Kier molecular flexibility index (Phi) is 4.66. The number of benzene rings is 1. The van der Waals surface area contributed by atoms with Crippen LogP contribution in [0.4, 0.5) is 8.78 Å². The van der Waals surface area contributed by atoms with Crippen molar-refractivity contribution in [2.24, 2.45) is 0 Å². The molecule has 100 valence electrons. The molecule has 1 N–H and O–H groups in total. The molecule has 0 spiro atoms. The van der Waals surface area contributed by atoms with Crippen LogP contribution >= 0.6 is 0 Å². The van der Waals surface area contributed by atoms with Crippen molar-refractivity contribution in [3.8, 4) is 0 Å². The van der Waals surface area contributed by atoms with E-state index in [9.17, 15) is 8.78 Å². The van der Waals surface area contributed by atoms with Gasteiger partial charge >= 0.3 is 0 Å². The van der Waals surface area contributed by atoms with Crippen molar-refractivity contribution < 1.29 is 8.78 Å². The average Bonchev–Trinajstić information content (AvgIpc) is 2.36. The number of hydrogen-bond acceptors (Lipinski definition) is 2. The van der Waals surface area contributed by atoms with Gasteiger partial charge in [0.2, 0.25) is 0 Å². The Morgan fingerprint density at radius 3 is 2.33 bits per heavy atom. The first-order valence-electron chi connectivity index (χ1n) is 6.58. The zero-order chi connectivity index (χ0) is 13.0. The molecule has 0 radical (unpaired) electrons. The average molecular weight is 254 g/mol. The minimum Gasteiger partial charge on any atom is -0.317 e. The van der Waals surface area contributed by atoms with E-state index in [-0.39, 0.29) is 0 Å². The summed E-state index contributed by atoms with van der Waals surface area (Å²) in [5.41, 5.74) is 0.716. The standard InChI is InChI=1S/C14H20F2N2/c1-2-18(14-3-5-17-6-4-14)10-11-7-12(15)9-13(16)8-11/h7-9,14,17H,2-6,10H2,1H3. The summed E-state index contributed by atoms with van der Waals surface area (Å²) in [6.07, 6.45) is 2.21. The summed E-state index contributed by atoms with van der Waals surface area (Å²) in [6.45, 7) is 5.67. The molecule has 1 heterocycles. The van der Waals surface area contributed by atoms with Crippen molar-refractivity contribution in [3.63, 3.8) is 0 Å². The quantitative estimate of drug-likeness (QED) is 0.888. The van der Waals surface area contributed by atoms with E-state index in [1.807, 2.05) is 0 Å². The molecule has 1 aliphatic rings. The summed E-state index contributed by atoms with van der Waals surface area (Å²) in [6, 6.07) is 4.28. The lowest BCUT2D eigenvalue weighted by Crippen LogP contribution is -2.42. The fraction of sp³-hybridized carbons (Fsp3) is 0.571. The first-order chi connectivity index (χ1) is 8.69. The fourth-order valence-corrected chi connectivity index (χ4v) is 2.61. The highest BCUT2D eigenvalue weighted by Gasteiger charge is 2.19. The second kappa shape index (κ2) is 6.25. The van der Waals surface area contributed by atoms with Gasteiger partial charge in [0, 0.05) is 18.7 Å². The van der Waals surface area contributed by atoms with Crippen LogP contribution in [0.5, 0.6) is 0 Å². The molecule has 0 bridgehead atoms. The van der Waals surface area contributed by atoms with Gasteiger partial charge in [0.05, 0.1) is 0 Å². The van der Waals surface area contributed by atoms with Crippen LogP contribution in [-0.4, -0.2) is 30.6 Å². The van der Waals surface area contributed by atoms with Gasteiger partial charge in [-0.2, -0.15) is 0 Å². The molecule has 0 amide bonds. The molecular weight excluding hydrogens is 234 g/mol. The smallest absolute Gasteiger partial charge is 0.126 e. The van der Waals surface area contributed by atoms with Crippen LogP contribution in [0, 0.1) is 11.6 Å². The van der Waals surface area contributed by atoms with Gasteiger partial charge in [0.1, 0.15) is 11.6 Å². The molecule has 1 aromatic carbocycles. The topological polar surface area (TPSA) is 15.3 Å². The van der Waals surface area contributed by atoms with Crippen molar-refractivity contribution in [1.82, 2.24) is 10.2 Å². The number of piperidine rings is 1. The lowest BCUT2D eigenvalue weighted by atomic mass is 10.0. The van der Waals surface area contributed by atoms with Gasteiger partial charge in [-0.3, -0.25) is 4.90 Å². The number of nitrogens with zero attached hydrogens (tertiary/aromatic N) is 1. The van der Waals surface area contributed by atoms with Crippen LogP contribution in [0.25, 0.3) is 0 Å². The van der Waals surface area contributed by atoms with Crippen molar-refractivity contribution in [1.29, 1.82) is 0 Å². The molecule has 1 aromatic rings. The summed E-state index contributed by atoms with van der Waals surface area (Å²) in [5, 5.41) is 3.33. The first kappa shape index (κ1) is 13.4. The number of halogens is 2. The zero-order valence-corrected chi connectivity index (χ0v) is 10.8. The molecule has 0 aromatic heterocycles. The maximum absolute atomic E-state index is 13.2. The molecule has 1 saturated heterocycles. The molecule has 2 nitrogen and oxygen atoms in total. The lowest BCUT2D eigenvalue weighted by Gasteiger charge is -2.33. The van der Waals surface area contributed by atoms with E-state index in [0.717, 1.165) is 38.5 Å². The normalized spacial score (nSPS) is 17.3. The highest BCUT2D eigenvalue weighted by atomic mass is 19.1.